The van der Waals surface area contributed by atoms with Gasteiger partial charge in [0.2, 0.25) is 5.88 Å². The number of aromatic nitrogens is 3. The van der Waals surface area contributed by atoms with Gasteiger partial charge in [0, 0.05) is 38.0 Å². The zero-order valence-corrected chi connectivity index (χ0v) is 21.4. The van der Waals surface area contributed by atoms with Crippen molar-refractivity contribution in [3.8, 4) is 5.88 Å². The van der Waals surface area contributed by atoms with Gasteiger partial charge in [-0.1, -0.05) is 0 Å². The number of aliphatic hydroxyl groups is 1. The van der Waals surface area contributed by atoms with Crippen molar-refractivity contribution in [2.24, 2.45) is 5.92 Å². The number of carbonyl (C=O) groups excluding carboxylic acids is 1. The van der Waals surface area contributed by atoms with E-state index in [1.807, 2.05) is 6.07 Å². The second kappa shape index (κ2) is 10.6. The molecule has 8 nitrogen and oxygen atoms in total. The number of pyridine rings is 1. The van der Waals surface area contributed by atoms with Crippen LogP contribution in [0, 0.1) is 5.92 Å². The number of amides is 1. The van der Waals surface area contributed by atoms with Crippen LogP contribution in [0.1, 0.15) is 46.5 Å². The smallest absolute Gasteiger partial charge is 0.264 e. The molecule has 4 rings (SSSR count). The fraction of sp³-hybridized carbons (Fsp3) is 0.478. The zero-order valence-electron chi connectivity index (χ0n) is 19.1. The summed E-state index contributed by atoms with van der Waals surface area (Å²) in [6, 6.07) is 3.63. The molecule has 182 valence electrons. The van der Waals surface area contributed by atoms with Crippen LogP contribution in [-0.4, -0.2) is 55.9 Å². The van der Waals surface area contributed by atoms with Crippen LogP contribution in [0.15, 0.2) is 24.7 Å². The number of thiophene rings is 1. The third-order valence-electron chi connectivity index (χ3n) is 6.11. The summed E-state index contributed by atoms with van der Waals surface area (Å²) in [5.41, 5.74) is 1.43. The van der Waals surface area contributed by atoms with Gasteiger partial charge in [-0.15, -0.1) is 34.5 Å². The van der Waals surface area contributed by atoms with Gasteiger partial charge in [0.15, 0.2) is 0 Å². The average molecular weight is 524 g/mol. The lowest BCUT2D eigenvalue weighted by molar-refractivity contribution is 0.0787. The van der Waals surface area contributed by atoms with Gasteiger partial charge < -0.3 is 20.1 Å². The van der Waals surface area contributed by atoms with Gasteiger partial charge >= 0.3 is 0 Å². The summed E-state index contributed by atoms with van der Waals surface area (Å²) in [6.45, 7) is 0.798. The van der Waals surface area contributed by atoms with E-state index in [9.17, 15) is 9.90 Å². The average Bonchev–Trinajstić information content (AvgIpc) is 3.22. The first-order valence-electron chi connectivity index (χ1n) is 11.0. The van der Waals surface area contributed by atoms with Crippen molar-refractivity contribution in [3.05, 3.63) is 40.7 Å². The molecule has 3 aromatic heterocycles. The Morgan fingerprint density at radius 3 is 2.79 bits per heavy atom. The number of ether oxygens (including phenoxy) is 1. The van der Waals surface area contributed by atoms with Gasteiger partial charge in [0.05, 0.1) is 19.1 Å². The highest BCUT2D eigenvalue weighted by molar-refractivity contribution is 7.20. The Morgan fingerprint density at radius 2 is 2.09 bits per heavy atom. The highest BCUT2D eigenvalue weighted by Crippen LogP contribution is 2.40. The Morgan fingerprint density at radius 1 is 1.32 bits per heavy atom. The predicted molar refractivity (Wildman–Crippen MR) is 135 cm³/mol. The van der Waals surface area contributed by atoms with Gasteiger partial charge in [-0.25, -0.2) is 15.0 Å². The summed E-state index contributed by atoms with van der Waals surface area (Å²) in [5, 5.41) is 14.3. The van der Waals surface area contributed by atoms with Crippen molar-refractivity contribution in [2.75, 3.05) is 26.0 Å². The van der Waals surface area contributed by atoms with E-state index in [1.165, 1.54) is 17.7 Å². The monoisotopic (exact) mass is 523 g/mol. The Balaban J connectivity index is 1.53. The summed E-state index contributed by atoms with van der Waals surface area (Å²) in [5.74, 6) is 1.35. The van der Waals surface area contributed by atoms with Crippen molar-refractivity contribution in [3.63, 3.8) is 0 Å². The van der Waals surface area contributed by atoms with Gasteiger partial charge in [-0.05, 0) is 43.2 Å². The summed E-state index contributed by atoms with van der Waals surface area (Å²) in [6.07, 6.45) is 6.50. The first-order valence-corrected chi connectivity index (χ1v) is 12.6. The molecule has 0 aromatic carbocycles. The predicted octanol–water partition coefficient (Wildman–Crippen LogP) is 4.64. The van der Waals surface area contributed by atoms with Crippen LogP contribution in [0.5, 0.6) is 5.88 Å². The lowest BCUT2D eigenvalue weighted by atomic mass is 9.88. The topological polar surface area (TPSA) is 100 Å². The van der Waals surface area contributed by atoms with E-state index in [0.717, 1.165) is 31.2 Å². The fourth-order valence-electron chi connectivity index (χ4n) is 4.17. The fourth-order valence-corrected chi connectivity index (χ4v) is 5.76. The van der Waals surface area contributed by atoms with E-state index in [4.69, 9.17) is 27.9 Å². The molecular weight excluding hydrogens is 497 g/mol. The standard InChI is InChI=1S/C23H27Cl2N5O3S/c1-30(11-15-5-8-26-17(9-15)33-2)22(32)19-16(12-31)18-20(28-13-29-21(18)34-19)27-10-14-3-6-23(24,25)7-4-14/h5,8-9,13-14,31H,3-4,6-7,10-12H2,1-2H3,(H,27,28,29). The molecule has 11 heteroatoms. The lowest BCUT2D eigenvalue weighted by Crippen LogP contribution is -2.27. The highest BCUT2D eigenvalue weighted by atomic mass is 35.5. The minimum atomic E-state index is -0.626. The molecule has 0 atom stereocenters. The number of rotatable bonds is 8. The Kier molecular flexibility index (Phi) is 7.77. The SMILES string of the molecule is COc1cc(CN(C)C(=O)c2sc3ncnc(NCC4CCC(Cl)(Cl)CC4)c3c2CO)ccn1. The second-order valence-electron chi connectivity index (χ2n) is 8.52. The van der Waals surface area contributed by atoms with E-state index >= 15 is 0 Å². The maximum absolute atomic E-state index is 13.3. The van der Waals surface area contributed by atoms with E-state index in [2.05, 4.69) is 20.3 Å². The number of alkyl halides is 2. The minimum Gasteiger partial charge on any atom is -0.481 e. The van der Waals surface area contributed by atoms with Crippen molar-refractivity contribution >= 4 is 56.5 Å². The largest absolute Gasteiger partial charge is 0.481 e. The molecule has 0 saturated heterocycles. The van der Waals surface area contributed by atoms with E-state index in [-0.39, 0.29) is 12.5 Å². The van der Waals surface area contributed by atoms with Crippen molar-refractivity contribution in [1.82, 2.24) is 19.9 Å². The number of anilines is 1. The van der Waals surface area contributed by atoms with Gasteiger partial charge in [0.25, 0.3) is 5.91 Å². The molecule has 34 heavy (non-hydrogen) atoms. The molecule has 0 spiro atoms. The van der Waals surface area contributed by atoms with Crippen LogP contribution >= 0.6 is 34.5 Å². The van der Waals surface area contributed by atoms with Crippen LogP contribution in [0.4, 0.5) is 5.82 Å². The number of nitrogens with one attached hydrogen (secondary N) is 1. The molecule has 0 unspecified atom stereocenters. The van der Waals surface area contributed by atoms with Crippen molar-refractivity contribution in [2.45, 2.75) is 43.2 Å². The normalized spacial score (nSPS) is 15.9. The summed E-state index contributed by atoms with van der Waals surface area (Å²) in [4.78, 5) is 28.9. The Bertz CT molecular complexity index is 1160. The molecule has 2 N–H and O–H groups in total. The molecule has 1 aliphatic rings. The quantitative estimate of drug-likeness (QED) is 0.415. The van der Waals surface area contributed by atoms with Crippen molar-refractivity contribution in [1.29, 1.82) is 0 Å². The van der Waals surface area contributed by atoms with Crippen LogP contribution in [0.25, 0.3) is 10.2 Å². The summed E-state index contributed by atoms with van der Waals surface area (Å²) in [7, 11) is 3.28. The molecule has 0 aliphatic heterocycles. The van der Waals surface area contributed by atoms with E-state index in [0.29, 0.717) is 51.4 Å². The Labute approximate surface area is 212 Å². The summed E-state index contributed by atoms with van der Waals surface area (Å²) < 4.78 is 4.54. The second-order valence-corrected chi connectivity index (χ2v) is 11.2. The van der Waals surface area contributed by atoms with Gasteiger partial charge in [0.1, 0.15) is 26.2 Å². The van der Waals surface area contributed by atoms with Gasteiger partial charge in [-0.2, -0.15) is 0 Å². The molecular formula is C23H27Cl2N5O3S. The number of fused-ring (bicyclic) bond motifs is 1. The number of nitrogens with zero attached hydrogens (tertiary/aromatic N) is 4. The highest BCUT2D eigenvalue weighted by Gasteiger charge is 2.31. The van der Waals surface area contributed by atoms with Gasteiger partial charge in [-0.3, -0.25) is 4.79 Å². The molecule has 0 bridgehead atoms. The molecule has 1 fully saturated rings. The number of hydrogen-bond donors (Lipinski definition) is 2. The number of methoxy groups -OCH3 is 1. The molecule has 3 heterocycles. The van der Waals surface area contributed by atoms with Crippen LogP contribution in [0.3, 0.4) is 0 Å². The van der Waals surface area contributed by atoms with Crippen LogP contribution in [0.2, 0.25) is 0 Å². The maximum Gasteiger partial charge on any atom is 0.264 e. The molecule has 1 saturated carbocycles. The zero-order chi connectivity index (χ0) is 24.3. The molecule has 3 aromatic rings. The van der Waals surface area contributed by atoms with E-state index < -0.39 is 4.33 Å². The van der Waals surface area contributed by atoms with Crippen molar-refractivity contribution < 1.29 is 14.6 Å². The maximum atomic E-state index is 13.3. The Hall–Kier alpha value is -2.20. The number of halogens is 2. The molecule has 1 aliphatic carbocycles. The van der Waals surface area contributed by atoms with Crippen LogP contribution in [-0.2, 0) is 13.2 Å². The van der Waals surface area contributed by atoms with Crippen LogP contribution < -0.4 is 10.1 Å². The van der Waals surface area contributed by atoms with E-state index in [1.54, 1.807) is 31.3 Å². The first kappa shape index (κ1) is 24.9. The first-order chi connectivity index (χ1) is 16.3. The lowest BCUT2D eigenvalue weighted by Gasteiger charge is -2.30. The number of hydrogen-bond acceptors (Lipinski definition) is 8. The summed E-state index contributed by atoms with van der Waals surface area (Å²) >= 11 is 13.8. The molecule has 0 radical (unpaired) electrons. The minimum absolute atomic E-state index is 0.193. The number of aliphatic hydroxyl groups excluding tert-OH is 1. The number of carbonyl (C=O) groups is 1. The third kappa shape index (κ3) is 5.54. The third-order valence-corrected chi connectivity index (χ3v) is 7.99. The molecule has 1 amide bonds.